The van der Waals surface area contributed by atoms with Crippen molar-refractivity contribution in [2.75, 3.05) is 30.5 Å². The van der Waals surface area contributed by atoms with Crippen molar-refractivity contribution in [1.82, 2.24) is 4.90 Å². The maximum absolute atomic E-state index is 12.6. The van der Waals surface area contributed by atoms with E-state index in [1.165, 1.54) is 0 Å². The summed E-state index contributed by atoms with van der Waals surface area (Å²) in [4.78, 5) is 14.2. The van der Waals surface area contributed by atoms with Gasteiger partial charge in [0.15, 0.2) is 9.84 Å². The average Bonchev–Trinajstić information content (AvgIpc) is 2.86. The topological polar surface area (TPSA) is 75.7 Å². The van der Waals surface area contributed by atoms with Crippen LogP contribution in [0.15, 0.2) is 22.7 Å². The summed E-state index contributed by atoms with van der Waals surface area (Å²) < 4.78 is 29.4. The van der Waals surface area contributed by atoms with Crippen LogP contribution in [-0.2, 0) is 9.84 Å². The number of carbonyl (C=O) groups excluding carboxylic acids is 1. The summed E-state index contributed by atoms with van der Waals surface area (Å²) in [5.41, 5.74) is 0.608. The van der Waals surface area contributed by atoms with Crippen LogP contribution in [0, 0.1) is 0 Å². The van der Waals surface area contributed by atoms with E-state index in [1.807, 2.05) is 6.92 Å². The number of hydrogen-bond acceptors (Lipinski definition) is 4. The van der Waals surface area contributed by atoms with Gasteiger partial charge < -0.3 is 15.0 Å². The fraction of sp³-hybridized carbons (Fsp3) is 0.533. The Bertz CT molecular complexity index is 678. The maximum atomic E-state index is 12.6. The van der Waals surface area contributed by atoms with Crippen LogP contribution in [0.1, 0.15) is 19.8 Å². The SMILES string of the molecule is CCCN(C(=O)Nc1ccc(Br)c(OC)c1)[C@@H]1CCS(=O)(=O)C1. The highest BCUT2D eigenvalue weighted by atomic mass is 79.9. The Morgan fingerprint density at radius 2 is 2.22 bits per heavy atom. The number of benzene rings is 1. The minimum Gasteiger partial charge on any atom is -0.495 e. The van der Waals surface area contributed by atoms with Crippen molar-refractivity contribution < 1.29 is 17.9 Å². The Morgan fingerprint density at radius 3 is 2.78 bits per heavy atom. The fourth-order valence-electron chi connectivity index (χ4n) is 2.64. The highest BCUT2D eigenvalue weighted by molar-refractivity contribution is 9.10. The van der Waals surface area contributed by atoms with Crippen LogP contribution in [0.4, 0.5) is 10.5 Å². The van der Waals surface area contributed by atoms with Crippen molar-refractivity contribution in [2.24, 2.45) is 0 Å². The van der Waals surface area contributed by atoms with Gasteiger partial charge >= 0.3 is 6.03 Å². The quantitative estimate of drug-likeness (QED) is 0.818. The van der Waals surface area contributed by atoms with E-state index in [0.29, 0.717) is 24.4 Å². The molecule has 1 N–H and O–H groups in total. The summed E-state index contributed by atoms with van der Waals surface area (Å²) in [6, 6.07) is 4.74. The Hall–Kier alpha value is -1.28. The predicted molar refractivity (Wildman–Crippen MR) is 93.8 cm³/mol. The van der Waals surface area contributed by atoms with Gasteiger partial charge in [0.1, 0.15) is 5.75 Å². The molecular weight excluding hydrogens is 384 g/mol. The number of nitrogens with zero attached hydrogens (tertiary/aromatic N) is 1. The van der Waals surface area contributed by atoms with Crippen molar-refractivity contribution in [1.29, 1.82) is 0 Å². The van der Waals surface area contributed by atoms with Gasteiger partial charge in [0.25, 0.3) is 0 Å². The molecule has 2 rings (SSSR count). The number of sulfone groups is 1. The van der Waals surface area contributed by atoms with E-state index in [0.717, 1.165) is 10.9 Å². The molecule has 8 heteroatoms. The number of amides is 2. The standard InChI is InChI=1S/C15H21BrN2O4S/c1-3-7-18(12-6-8-23(20,21)10-12)15(19)17-11-4-5-13(16)14(9-11)22-2/h4-5,9,12H,3,6-8,10H2,1-2H3,(H,17,19)/t12-/m1/s1. The minimum atomic E-state index is -3.03. The Balaban J connectivity index is 2.12. The molecule has 0 aromatic heterocycles. The van der Waals surface area contributed by atoms with Gasteiger partial charge in [0.2, 0.25) is 0 Å². The Morgan fingerprint density at radius 1 is 1.48 bits per heavy atom. The molecule has 128 valence electrons. The molecule has 0 unspecified atom stereocenters. The highest BCUT2D eigenvalue weighted by Crippen LogP contribution is 2.28. The molecule has 23 heavy (non-hydrogen) atoms. The van der Waals surface area contributed by atoms with E-state index in [4.69, 9.17) is 4.74 Å². The third-order valence-corrected chi connectivity index (χ3v) is 6.18. The predicted octanol–water partition coefficient (Wildman–Crippen LogP) is 2.89. The summed E-state index contributed by atoms with van der Waals surface area (Å²) in [6.45, 7) is 2.49. The zero-order valence-electron chi connectivity index (χ0n) is 13.2. The van der Waals surface area contributed by atoms with Crippen LogP contribution < -0.4 is 10.1 Å². The van der Waals surface area contributed by atoms with Gasteiger partial charge in [-0.25, -0.2) is 13.2 Å². The summed E-state index contributed by atoms with van der Waals surface area (Å²) in [6.07, 6.45) is 1.27. The van der Waals surface area contributed by atoms with Gasteiger partial charge in [-0.3, -0.25) is 0 Å². The van der Waals surface area contributed by atoms with E-state index in [9.17, 15) is 13.2 Å². The number of anilines is 1. The number of urea groups is 1. The second kappa shape index (κ2) is 7.53. The number of hydrogen-bond donors (Lipinski definition) is 1. The second-order valence-corrected chi connectivity index (χ2v) is 8.61. The first kappa shape index (κ1) is 18.1. The van der Waals surface area contributed by atoms with Crippen LogP contribution in [0.5, 0.6) is 5.75 Å². The monoisotopic (exact) mass is 404 g/mol. The molecular formula is C15H21BrN2O4S. The number of ether oxygens (including phenoxy) is 1. The molecule has 0 bridgehead atoms. The van der Waals surface area contributed by atoms with Crippen molar-refractivity contribution in [2.45, 2.75) is 25.8 Å². The summed E-state index contributed by atoms with van der Waals surface area (Å²) in [7, 11) is -1.48. The molecule has 0 saturated carbocycles. The van der Waals surface area contributed by atoms with Gasteiger partial charge in [0, 0.05) is 24.3 Å². The first-order valence-corrected chi connectivity index (χ1v) is 10.1. The third kappa shape index (κ3) is 4.60. The van der Waals surface area contributed by atoms with Crippen LogP contribution >= 0.6 is 15.9 Å². The summed E-state index contributed by atoms with van der Waals surface area (Å²) in [5, 5.41) is 2.82. The van der Waals surface area contributed by atoms with Gasteiger partial charge in [-0.1, -0.05) is 6.92 Å². The van der Waals surface area contributed by atoms with E-state index < -0.39 is 9.84 Å². The number of nitrogens with one attached hydrogen (secondary N) is 1. The molecule has 0 radical (unpaired) electrons. The second-order valence-electron chi connectivity index (χ2n) is 5.53. The van der Waals surface area contributed by atoms with Crippen molar-refractivity contribution >= 4 is 37.5 Å². The van der Waals surface area contributed by atoms with Crippen molar-refractivity contribution in [3.8, 4) is 5.75 Å². The third-order valence-electron chi connectivity index (χ3n) is 3.78. The lowest BCUT2D eigenvalue weighted by atomic mass is 10.2. The van der Waals surface area contributed by atoms with Crippen molar-refractivity contribution in [3.05, 3.63) is 22.7 Å². The van der Waals surface area contributed by atoms with E-state index >= 15 is 0 Å². The van der Waals surface area contributed by atoms with E-state index in [2.05, 4.69) is 21.2 Å². The van der Waals surface area contributed by atoms with Crippen LogP contribution in [-0.4, -0.2) is 50.6 Å². The lowest BCUT2D eigenvalue weighted by Gasteiger charge is -2.28. The molecule has 1 atom stereocenters. The van der Waals surface area contributed by atoms with E-state index in [1.54, 1.807) is 30.2 Å². The number of halogens is 1. The molecule has 1 heterocycles. The van der Waals surface area contributed by atoms with Gasteiger partial charge in [-0.05, 0) is 40.9 Å². The minimum absolute atomic E-state index is 0.0457. The molecule has 1 saturated heterocycles. The zero-order valence-corrected chi connectivity index (χ0v) is 15.6. The maximum Gasteiger partial charge on any atom is 0.322 e. The van der Waals surface area contributed by atoms with Crippen LogP contribution in [0.25, 0.3) is 0 Å². The molecule has 1 fully saturated rings. The molecule has 2 amide bonds. The van der Waals surface area contributed by atoms with Gasteiger partial charge in [-0.2, -0.15) is 0 Å². The van der Waals surface area contributed by atoms with Crippen LogP contribution in [0.2, 0.25) is 0 Å². The molecule has 0 spiro atoms. The first-order chi connectivity index (χ1) is 10.9. The fourth-order valence-corrected chi connectivity index (χ4v) is 4.78. The summed E-state index contributed by atoms with van der Waals surface area (Å²) in [5.74, 6) is 0.815. The lowest BCUT2D eigenvalue weighted by molar-refractivity contribution is 0.194. The summed E-state index contributed by atoms with van der Waals surface area (Å²) >= 11 is 3.36. The normalized spacial score (nSPS) is 19.3. The van der Waals surface area contributed by atoms with Crippen molar-refractivity contribution in [3.63, 3.8) is 0 Å². The number of methoxy groups -OCH3 is 1. The molecule has 1 aliphatic rings. The molecule has 1 aliphatic heterocycles. The zero-order chi connectivity index (χ0) is 17.0. The van der Waals surface area contributed by atoms with Crippen LogP contribution in [0.3, 0.4) is 0 Å². The van der Waals surface area contributed by atoms with E-state index in [-0.39, 0.29) is 23.6 Å². The van der Waals surface area contributed by atoms with Gasteiger partial charge in [-0.15, -0.1) is 0 Å². The van der Waals surface area contributed by atoms with Gasteiger partial charge in [0.05, 0.1) is 23.1 Å². The number of carbonyl (C=O) groups is 1. The molecule has 1 aromatic rings. The number of rotatable bonds is 5. The highest BCUT2D eigenvalue weighted by Gasteiger charge is 2.34. The molecule has 0 aliphatic carbocycles. The largest absolute Gasteiger partial charge is 0.495 e. The average molecular weight is 405 g/mol. The Labute approximate surface area is 145 Å². The lowest BCUT2D eigenvalue weighted by Crippen LogP contribution is -2.44. The molecule has 1 aromatic carbocycles. The first-order valence-electron chi connectivity index (χ1n) is 7.48. The Kier molecular flexibility index (Phi) is 5.91. The molecule has 6 nitrogen and oxygen atoms in total. The smallest absolute Gasteiger partial charge is 0.322 e.